The zero-order valence-corrected chi connectivity index (χ0v) is 10.8. The van der Waals surface area contributed by atoms with Crippen molar-refractivity contribution in [2.45, 2.75) is 6.92 Å². The van der Waals surface area contributed by atoms with Crippen molar-refractivity contribution in [3.8, 4) is 22.6 Å². The van der Waals surface area contributed by atoms with Crippen molar-refractivity contribution in [3.05, 3.63) is 58.4 Å². The van der Waals surface area contributed by atoms with Crippen LogP contribution < -0.4 is 5.43 Å². The van der Waals surface area contributed by atoms with E-state index in [1.165, 1.54) is 24.5 Å². The summed E-state index contributed by atoms with van der Waals surface area (Å²) in [4.78, 5) is 12.4. The second kappa shape index (κ2) is 4.42. The van der Waals surface area contributed by atoms with Gasteiger partial charge in [-0.15, -0.1) is 0 Å². The average molecular weight is 268 g/mol. The van der Waals surface area contributed by atoms with Crippen LogP contribution in [0.1, 0.15) is 5.56 Å². The Kier molecular flexibility index (Phi) is 2.71. The van der Waals surface area contributed by atoms with Gasteiger partial charge in [-0.2, -0.15) is 0 Å². The molecule has 20 heavy (non-hydrogen) atoms. The van der Waals surface area contributed by atoms with E-state index in [4.69, 9.17) is 4.42 Å². The molecular formula is C16H12O4. The predicted octanol–water partition coefficient (Wildman–Crippen LogP) is 3.18. The van der Waals surface area contributed by atoms with Crippen LogP contribution in [0, 0.1) is 6.92 Å². The molecule has 0 bridgehead atoms. The van der Waals surface area contributed by atoms with E-state index in [0.29, 0.717) is 27.7 Å². The van der Waals surface area contributed by atoms with Crippen molar-refractivity contribution in [3.63, 3.8) is 0 Å². The fourth-order valence-electron chi connectivity index (χ4n) is 2.14. The second-order valence-electron chi connectivity index (χ2n) is 4.66. The highest BCUT2D eigenvalue weighted by atomic mass is 16.3. The Labute approximate surface area is 114 Å². The molecule has 0 aliphatic heterocycles. The van der Waals surface area contributed by atoms with Crippen molar-refractivity contribution < 1.29 is 14.6 Å². The van der Waals surface area contributed by atoms with E-state index >= 15 is 0 Å². The molecule has 1 heterocycles. The molecule has 4 nitrogen and oxygen atoms in total. The Balaban J connectivity index is 2.27. The number of aromatic hydroxyl groups is 2. The predicted molar refractivity (Wildman–Crippen MR) is 76.0 cm³/mol. The molecular weight excluding hydrogens is 256 g/mol. The Morgan fingerprint density at radius 2 is 1.85 bits per heavy atom. The largest absolute Gasteiger partial charge is 0.508 e. The molecule has 0 spiro atoms. The first-order valence-electron chi connectivity index (χ1n) is 6.11. The van der Waals surface area contributed by atoms with Gasteiger partial charge in [-0.25, -0.2) is 0 Å². The summed E-state index contributed by atoms with van der Waals surface area (Å²) in [5, 5.41) is 19.3. The molecule has 0 atom stereocenters. The summed E-state index contributed by atoms with van der Waals surface area (Å²) in [5.41, 5.74) is 1.97. The summed E-state index contributed by atoms with van der Waals surface area (Å²) < 4.78 is 5.41. The summed E-state index contributed by atoms with van der Waals surface area (Å²) in [6.07, 6.45) is 1.37. The van der Waals surface area contributed by atoms with E-state index in [2.05, 4.69) is 0 Å². The summed E-state index contributed by atoms with van der Waals surface area (Å²) in [6, 6.07) is 9.33. The fraction of sp³-hybridized carbons (Fsp3) is 0.0625. The van der Waals surface area contributed by atoms with Gasteiger partial charge < -0.3 is 14.6 Å². The highest BCUT2D eigenvalue weighted by molar-refractivity contribution is 5.82. The number of phenolic OH excluding ortho intramolecular Hbond substituents is 2. The minimum absolute atomic E-state index is 0.0499. The van der Waals surface area contributed by atoms with Gasteiger partial charge in [0.1, 0.15) is 23.3 Å². The summed E-state index contributed by atoms with van der Waals surface area (Å²) in [5.74, 6) is 0.234. The molecule has 0 radical (unpaired) electrons. The summed E-state index contributed by atoms with van der Waals surface area (Å²) in [6.45, 7) is 1.76. The number of hydrogen-bond acceptors (Lipinski definition) is 4. The molecule has 0 saturated heterocycles. The Morgan fingerprint density at radius 3 is 2.60 bits per heavy atom. The van der Waals surface area contributed by atoms with E-state index in [0.717, 1.165) is 0 Å². The first kappa shape index (κ1) is 12.3. The van der Waals surface area contributed by atoms with E-state index in [9.17, 15) is 15.0 Å². The maximum Gasteiger partial charge on any atom is 0.200 e. The normalized spacial score (nSPS) is 10.8. The van der Waals surface area contributed by atoms with Gasteiger partial charge in [0.25, 0.3) is 0 Å². The van der Waals surface area contributed by atoms with Crippen LogP contribution in [0.4, 0.5) is 0 Å². The molecule has 3 rings (SSSR count). The molecule has 0 fully saturated rings. The highest BCUT2D eigenvalue weighted by Gasteiger charge is 2.10. The summed E-state index contributed by atoms with van der Waals surface area (Å²) in [7, 11) is 0. The average Bonchev–Trinajstić information content (AvgIpc) is 2.42. The van der Waals surface area contributed by atoms with Gasteiger partial charge >= 0.3 is 0 Å². The van der Waals surface area contributed by atoms with Crippen molar-refractivity contribution in [1.82, 2.24) is 0 Å². The molecule has 100 valence electrons. The topological polar surface area (TPSA) is 70.7 Å². The minimum atomic E-state index is -0.170. The molecule has 0 saturated carbocycles. The van der Waals surface area contributed by atoms with E-state index in [-0.39, 0.29) is 16.9 Å². The van der Waals surface area contributed by atoms with Crippen molar-refractivity contribution in [1.29, 1.82) is 0 Å². The van der Waals surface area contributed by atoms with Crippen LogP contribution in [0.25, 0.3) is 22.1 Å². The third kappa shape index (κ3) is 1.91. The van der Waals surface area contributed by atoms with Crippen LogP contribution in [0.5, 0.6) is 11.5 Å². The van der Waals surface area contributed by atoms with Gasteiger partial charge in [-0.05, 0) is 42.3 Å². The Hall–Kier alpha value is -2.75. The quantitative estimate of drug-likeness (QED) is 0.711. The lowest BCUT2D eigenvalue weighted by Gasteiger charge is -2.05. The first-order chi connectivity index (χ1) is 9.56. The third-order valence-corrected chi connectivity index (χ3v) is 3.27. The highest BCUT2D eigenvalue weighted by Crippen LogP contribution is 2.25. The van der Waals surface area contributed by atoms with Gasteiger partial charge in [-0.3, -0.25) is 4.79 Å². The number of rotatable bonds is 1. The summed E-state index contributed by atoms with van der Waals surface area (Å²) >= 11 is 0. The molecule has 2 aromatic carbocycles. The number of benzene rings is 2. The maximum atomic E-state index is 12.4. The van der Waals surface area contributed by atoms with E-state index in [1.807, 2.05) is 0 Å². The van der Waals surface area contributed by atoms with Gasteiger partial charge in [0, 0.05) is 6.07 Å². The number of phenols is 2. The van der Waals surface area contributed by atoms with Crippen LogP contribution in [0.2, 0.25) is 0 Å². The molecule has 3 aromatic rings. The van der Waals surface area contributed by atoms with E-state index in [1.54, 1.807) is 25.1 Å². The lowest BCUT2D eigenvalue weighted by Crippen LogP contribution is -2.04. The number of hydrogen-bond donors (Lipinski definition) is 2. The molecule has 0 aliphatic rings. The van der Waals surface area contributed by atoms with Gasteiger partial charge in [0.05, 0.1) is 10.9 Å². The lowest BCUT2D eigenvalue weighted by atomic mass is 10.0. The van der Waals surface area contributed by atoms with Crippen LogP contribution in [-0.4, -0.2) is 10.2 Å². The maximum absolute atomic E-state index is 12.4. The number of aryl methyl sites for hydroxylation is 1. The molecule has 2 N–H and O–H groups in total. The molecule has 0 aliphatic carbocycles. The number of fused-ring (bicyclic) bond motifs is 1. The monoisotopic (exact) mass is 268 g/mol. The molecule has 0 amide bonds. The molecule has 0 unspecified atom stereocenters. The lowest BCUT2D eigenvalue weighted by molar-refractivity contribution is 0.471. The van der Waals surface area contributed by atoms with Crippen molar-refractivity contribution in [2.75, 3.05) is 0 Å². The van der Waals surface area contributed by atoms with Crippen LogP contribution >= 0.6 is 0 Å². The zero-order valence-electron chi connectivity index (χ0n) is 10.8. The van der Waals surface area contributed by atoms with Crippen LogP contribution in [-0.2, 0) is 0 Å². The Morgan fingerprint density at radius 1 is 1.05 bits per heavy atom. The SMILES string of the molecule is Cc1cc(-c2coc3cc(O)ccc3c2=O)ccc1O. The zero-order chi connectivity index (χ0) is 14.3. The van der Waals surface area contributed by atoms with Crippen LogP contribution in [0.3, 0.4) is 0 Å². The Bertz CT molecular complexity index is 862. The molecule has 1 aromatic heterocycles. The van der Waals surface area contributed by atoms with Crippen molar-refractivity contribution in [2.24, 2.45) is 0 Å². The van der Waals surface area contributed by atoms with Crippen molar-refractivity contribution >= 4 is 11.0 Å². The van der Waals surface area contributed by atoms with Gasteiger partial charge in [0.2, 0.25) is 0 Å². The third-order valence-electron chi connectivity index (χ3n) is 3.27. The standard InChI is InChI=1S/C16H12O4/c1-9-6-10(2-5-14(9)18)13-8-20-15-7-11(17)3-4-12(15)16(13)19/h2-8,17-18H,1H3. The molecule has 4 heteroatoms. The van der Waals surface area contributed by atoms with Crippen LogP contribution in [0.15, 0.2) is 51.9 Å². The van der Waals surface area contributed by atoms with Gasteiger partial charge in [0.15, 0.2) is 5.43 Å². The van der Waals surface area contributed by atoms with E-state index < -0.39 is 0 Å². The fourth-order valence-corrected chi connectivity index (χ4v) is 2.14. The minimum Gasteiger partial charge on any atom is -0.508 e. The second-order valence-corrected chi connectivity index (χ2v) is 4.66. The first-order valence-corrected chi connectivity index (χ1v) is 6.11. The smallest absolute Gasteiger partial charge is 0.200 e. The van der Waals surface area contributed by atoms with Gasteiger partial charge in [-0.1, -0.05) is 6.07 Å².